The number of unbranched alkanes of at least 4 members (excludes halogenated alkanes) is 1. The smallest absolute Gasteiger partial charge is 0.207 e. The van der Waals surface area contributed by atoms with Crippen LogP contribution in [0.1, 0.15) is 25.5 Å². The Morgan fingerprint density at radius 1 is 1.42 bits per heavy atom. The minimum atomic E-state index is 0.699. The third-order valence-corrected chi connectivity index (χ3v) is 3.61. The van der Waals surface area contributed by atoms with Gasteiger partial charge in [0.05, 0.1) is 16.4 Å². The molecule has 1 aromatic carbocycles. The average molecular weight is 343 g/mol. The van der Waals surface area contributed by atoms with E-state index in [1.165, 1.54) is 0 Å². The summed E-state index contributed by atoms with van der Waals surface area (Å²) in [6.45, 7) is 5.07. The number of aryl methyl sites for hydroxylation is 1. The third-order valence-electron chi connectivity index (χ3n) is 2.81. The Labute approximate surface area is 127 Å². The molecule has 0 spiro atoms. The number of nitrogens with zero attached hydrogens (tertiary/aromatic N) is 2. The summed E-state index contributed by atoms with van der Waals surface area (Å²) in [5.74, 6) is 0.843. The van der Waals surface area contributed by atoms with Gasteiger partial charge in [-0.25, -0.2) is 4.98 Å². The van der Waals surface area contributed by atoms with Crippen LogP contribution in [0.5, 0.6) is 0 Å². The molecule has 0 aliphatic carbocycles. The first-order valence-electron chi connectivity index (χ1n) is 6.37. The van der Waals surface area contributed by atoms with E-state index in [4.69, 9.17) is 11.6 Å². The molecular weight excluding hydrogens is 326 g/mol. The van der Waals surface area contributed by atoms with Crippen molar-refractivity contribution in [3.8, 4) is 5.69 Å². The van der Waals surface area contributed by atoms with Crippen LogP contribution >= 0.6 is 27.5 Å². The van der Waals surface area contributed by atoms with Crippen molar-refractivity contribution in [2.75, 3.05) is 11.9 Å². The van der Waals surface area contributed by atoms with E-state index in [0.717, 1.165) is 41.2 Å². The first-order chi connectivity index (χ1) is 9.11. The lowest BCUT2D eigenvalue weighted by molar-refractivity contribution is 0.823. The van der Waals surface area contributed by atoms with Gasteiger partial charge in [-0.2, -0.15) is 0 Å². The van der Waals surface area contributed by atoms with Crippen LogP contribution in [-0.4, -0.2) is 16.1 Å². The van der Waals surface area contributed by atoms with E-state index in [1.54, 1.807) is 0 Å². The van der Waals surface area contributed by atoms with Crippen LogP contribution in [0.15, 0.2) is 28.9 Å². The second-order valence-electron chi connectivity index (χ2n) is 4.45. The Hall–Kier alpha value is -1.000. The molecule has 1 N–H and O–H groups in total. The van der Waals surface area contributed by atoms with Crippen molar-refractivity contribution in [2.45, 2.75) is 26.7 Å². The highest BCUT2D eigenvalue weighted by molar-refractivity contribution is 9.10. The number of imidazole rings is 1. The van der Waals surface area contributed by atoms with Crippen molar-refractivity contribution < 1.29 is 0 Å². The highest BCUT2D eigenvalue weighted by atomic mass is 79.9. The second-order valence-corrected chi connectivity index (χ2v) is 5.77. The molecule has 0 aliphatic rings. The molecule has 2 rings (SSSR count). The van der Waals surface area contributed by atoms with Gasteiger partial charge in [0.15, 0.2) is 0 Å². The number of benzene rings is 1. The molecule has 0 saturated heterocycles. The zero-order valence-electron chi connectivity index (χ0n) is 11.1. The summed E-state index contributed by atoms with van der Waals surface area (Å²) in [5.41, 5.74) is 1.91. The van der Waals surface area contributed by atoms with Gasteiger partial charge in [-0.1, -0.05) is 40.9 Å². The van der Waals surface area contributed by atoms with Crippen molar-refractivity contribution >= 4 is 33.5 Å². The molecule has 5 heteroatoms. The zero-order chi connectivity index (χ0) is 13.8. The topological polar surface area (TPSA) is 29.9 Å². The fraction of sp³-hybridized carbons (Fsp3) is 0.357. The summed E-state index contributed by atoms with van der Waals surface area (Å²) in [6, 6.07) is 5.85. The number of rotatable bonds is 5. The maximum atomic E-state index is 6.30. The van der Waals surface area contributed by atoms with Gasteiger partial charge in [0, 0.05) is 17.2 Å². The lowest BCUT2D eigenvalue weighted by Gasteiger charge is -2.11. The van der Waals surface area contributed by atoms with Crippen LogP contribution in [0.25, 0.3) is 5.69 Å². The fourth-order valence-corrected chi connectivity index (χ4v) is 2.62. The lowest BCUT2D eigenvalue weighted by Crippen LogP contribution is -2.07. The van der Waals surface area contributed by atoms with E-state index in [9.17, 15) is 0 Å². The molecular formula is C14H17BrClN3. The van der Waals surface area contributed by atoms with E-state index >= 15 is 0 Å². The maximum absolute atomic E-state index is 6.30. The number of hydrogen-bond donors (Lipinski definition) is 1. The molecule has 0 bridgehead atoms. The summed E-state index contributed by atoms with van der Waals surface area (Å²) in [4.78, 5) is 4.50. The molecule has 0 saturated carbocycles. The SMILES string of the molecule is CCCCNc1nc(C)cn1-c1ccc(Br)cc1Cl. The molecule has 19 heavy (non-hydrogen) atoms. The molecule has 0 amide bonds. The standard InChI is InChI=1S/C14H17BrClN3/c1-3-4-7-17-14-18-10(2)9-19(14)13-6-5-11(15)8-12(13)16/h5-6,8-9H,3-4,7H2,1-2H3,(H,17,18). The quantitative estimate of drug-likeness (QED) is 0.790. The normalized spacial score (nSPS) is 10.7. The number of nitrogens with one attached hydrogen (secondary N) is 1. The van der Waals surface area contributed by atoms with Crippen molar-refractivity contribution in [3.05, 3.63) is 39.6 Å². The van der Waals surface area contributed by atoms with Crippen LogP contribution in [0.2, 0.25) is 5.02 Å². The fourth-order valence-electron chi connectivity index (χ4n) is 1.86. The van der Waals surface area contributed by atoms with E-state index in [1.807, 2.05) is 35.9 Å². The molecule has 1 aromatic heterocycles. The van der Waals surface area contributed by atoms with Crippen LogP contribution in [0, 0.1) is 6.92 Å². The molecule has 0 atom stereocenters. The number of anilines is 1. The summed E-state index contributed by atoms with van der Waals surface area (Å²) in [7, 11) is 0. The molecule has 0 fully saturated rings. The molecule has 2 aromatic rings. The van der Waals surface area contributed by atoms with Crippen molar-refractivity contribution in [1.82, 2.24) is 9.55 Å². The summed E-state index contributed by atoms with van der Waals surface area (Å²) in [5, 5.41) is 4.06. The highest BCUT2D eigenvalue weighted by Gasteiger charge is 2.10. The Morgan fingerprint density at radius 2 is 2.21 bits per heavy atom. The highest BCUT2D eigenvalue weighted by Crippen LogP contribution is 2.27. The Kier molecular flexibility index (Phi) is 4.88. The molecule has 0 unspecified atom stereocenters. The molecule has 0 radical (unpaired) electrons. The van der Waals surface area contributed by atoms with Crippen LogP contribution in [0.3, 0.4) is 0 Å². The largest absolute Gasteiger partial charge is 0.355 e. The van der Waals surface area contributed by atoms with Crippen LogP contribution < -0.4 is 5.32 Å². The number of hydrogen-bond acceptors (Lipinski definition) is 2. The third kappa shape index (κ3) is 3.51. The maximum Gasteiger partial charge on any atom is 0.207 e. The van der Waals surface area contributed by atoms with Crippen LogP contribution in [0.4, 0.5) is 5.95 Å². The van der Waals surface area contributed by atoms with Gasteiger partial charge in [0.2, 0.25) is 5.95 Å². The second kappa shape index (κ2) is 6.44. The van der Waals surface area contributed by atoms with Gasteiger partial charge in [0.1, 0.15) is 0 Å². The van der Waals surface area contributed by atoms with Crippen molar-refractivity contribution in [3.63, 3.8) is 0 Å². The predicted molar refractivity (Wildman–Crippen MR) is 84.4 cm³/mol. The van der Waals surface area contributed by atoms with Gasteiger partial charge in [-0.3, -0.25) is 4.57 Å². The minimum absolute atomic E-state index is 0.699. The van der Waals surface area contributed by atoms with Gasteiger partial charge in [0.25, 0.3) is 0 Å². The molecule has 0 aliphatic heterocycles. The summed E-state index contributed by atoms with van der Waals surface area (Å²) in [6.07, 6.45) is 4.27. The Bertz CT molecular complexity index is 566. The zero-order valence-corrected chi connectivity index (χ0v) is 13.4. The lowest BCUT2D eigenvalue weighted by atomic mass is 10.3. The minimum Gasteiger partial charge on any atom is -0.355 e. The molecule has 102 valence electrons. The van der Waals surface area contributed by atoms with Crippen molar-refractivity contribution in [1.29, 1.82) is 0 Å². The van der Waals surface area contributed by atoms with E-state index in [2.05, 4.69) is 33.2 Å². The van der Waals surface area contributed by atoms with Gasteiger partial charge in [-0.05, 0) is 31.5 Å². The molecule has 3 nitrogen and oxygen atoms in total. The van der Waals surface area contributed by atoms with E-state index in [0.29, 0.717) is 5.02 Å². The van der Waals surface area contributed by atoms with E-state index in [-0.39, 0.29) is 0 Å². The number of aromatic nitrogens is 2. The van der Waals surface area contributed by atoms with Gasteiger partial charge < -0.3 is 5.32 Å². The van der Waals surface area contributed by atoms with Gasteiger partial charge >= 0.3 is 0 Å². The predicted octanol–water partition coefficient (Wildman–Crippen LogP) is 4.81. The molecule has 1 heterocycles. The summed E-state index contributed by atoms with van der Waals surface area (Å²) >= 11 is 9.72. The average Bonchev–Trinajstić information content (AvgIpc) is 2.71. The van der Waals surface area contributed by atoms with Crippen molar-refractivity contribution in [2.24, 2.45) is 0 Å². The van der Waals surface area contributed by atoms with Gasteiger partial charge in [-0.15, -0.1) is 0 Å². The Balaban J connectivity index is 2.32. The first kappa shape index (κ1) is 14.4. The monoisotopic (exact) mass is 341 g/mol. The summed E-state index contributed by atoms with van der Waals surface area (Å²) < 4.78 is 2.97. The first-order valence-corrected chi connectivity index (χ1v) is 7.54. The number of halogens is 2. The Morgan fingerprint density at radius 3 is 2.89 bits per heavy atom. The van der Waals surface area contributed by atoms with Crippen LogP contribution in [-0.2, 0) is 0 Å². The van der Waals surface area contributed by atoms with E-state index < -0.39 is 0 Å².